The van der Waals surface area contributed by atoms with Crippen molar-refractivity contribution in [3.8, 4) is 17.2 Å². The molecule has 26 heavy (non-hydrogen) atoms. The maximum atomic E-state index is 12.0. The van der Waals surface area contributed by atoms with E-state index in [-0.39, 0.29) is 5.91 Å². The fourth-order valence-electron chi connectivity index (χ4n) is 2.46. The van der Waals surface area contributed by atoms with Crippen LogP contribution in [-0.4, -0.2) is 23.0 Å². The van der Waals surface area contributed by atoms with Crippen LogP contribution in [-0.2, 0) is 17.8 Å². The van der Waals surface area contributed by atoms with Gasteiger partial charge in [-0.15, -0.1) is 0 Å². The Labute approximate surface area is 152 Å². The molecule has 3 aromatic rings. The van der Waals surface area contributed by atoms with Gasteiger partial charge in [-0.3, -0.25) is 4.79 Å². The molecule has 0 radical (unpaired) electrons. The smallest absolute Gasteiger partial charge is 0.220 e. The summed E-state index contributed by atoms with van der Waals surface area (Å²) < 4.78 is 10.8. The highest BCUT2D eigenvalue weighted by Gasteiger charge is 2.09. The van der Waals surface area contributed by atoms with Crippen molar-refractivity contribution in [3.05, 3.63) is 65.8 Å². The Morgan fingerprint density at radius 3 is 2.77 bits per heavy atom. The van der Waals surface area contributed by atoms with Crippen LogP contribution in [0, 0.1) is 6.92 Å². The number of nitrogens with one attached hydrogen (secondary N) is 1. The molecule has 0 fully saturated rings. The monoisotopic (exact) mass is 351 g/mol. The van der Waals surface area contributed by atoms with Gasteiger partial charge in [-0.05, 0) is 18.6 Å². The minimum atomic E-state index is -0.0594. The van der Waals surface area contributed by atoms with E-state index in [2.05, 4.69) is 15.3 Å². The SMILES string of the molecule is COc1cc(CNC(=O)CCc2ncc(-c3ccc(C)cc3)o2)ccn1. The minimum Gasteiger partial charge on any atom is -0.481 e. The van der Waals surface area contributed by atoms with Crippen molar-refractivity contribution in [2.24, 2.45) is 0 Å². The standard InChI is InChI=1S/C20H21N3O3/c1-14-3-5-16(6-4-14)17-13-23-19(26-17)8-7-18(24)22-12-15-9-10-21-20(11-15)25-2/h3-6,9-11,13H,7-8,12H2,1-2H3,(H,22,24). The average molecular weight is 351 g/mol. The van der Waals surface area contributed by atoms with Gasteiger partial charge in [-0.25, -0.2) is 9.97 Å². The van der Waals surface area contributed by atoms with Crippen LogP contribution in [0.1, 0.15) is 23.4 Å². The molecule has 1 aromatic carbocycles. The molecule has 0 bridgehead atoms. The second-order valence-electron chi connectivity index (χ2n) is 5.97. The Balaban J connectivity index is 1.49. The van der Waals surface area contributed by atoms with E-state index in [0.29, 0.717) is 36.9 Å². The predicted octanol–water partition coefficient (Wildman–Crippen LogP) is 3.30. The Bertz CT molecular complexity index is 872. The fourth-order valence-corrected chi connectivity index (χ4v) is 2.46. The summed E-state index contributed by atoms with van der Waals surface area (Å²) in [5.74, 6) is 1.74. The zero-order valence-corrected chi connectivity index (χ0v) is 14.9. The Morgan fingerprint density at radius 1 is 1.19 bits per heavy atom. The number of nitrogens with zero attached hydrogens (tertiary/aromatic N) is 2. The van der Waals surface area contributed by atoms with E-state index in [4.69, 9.17) is 9.15 Å². The van der Waals surface area contributed by atoms with Crippen molar-refractivity contribution >= 4 is 5.91 Å². The van der Waals surface area contributed by atoms with Gasteiger partial charge in [-0.1, -0.05) is 29.8 Å². The summed E-state index contributed by atoms with van der Waals surface area (Å²) in [5, 5.41) is 2.87. The normalized spacial score (nSPS) is 10.5. The zero-order chi connectivity index (χ0) is 18.4. The van der Waals surface area contributed by atoms with Gasteiger partial charge < -0.3 is 14.5 Å². The first-order valence-corrected chi connectivity index (χ1v) is 8.41. The fraction of sp³-hybridized carbons (Fsp3) is 0.250. The van der Waals surface area contributed by atoms with E-state index in [1.165, 1.54) is 5.56 Å². The summed E-state index contributed by atoms with van der Waals surface area (Å²) in [5.41, 5.74) is 3.10. The molecule has 0 aliphatic heterocycles. The maximum Gasteiger partial charge on any atom is 0.220 e. The van der Waals surface area contributed by atoms with Crippen LogP contribution in [0.15, 0.2) is 53.2 Å². The Morgan fingerprint density at radius 2 is 2.00 bits per heavy atom. The number of oxazole rings is 1. The Kier molecular flexibility index (Phi) is 5.63. The molecule has 0 spiro atoms. The predicted molar refractivity (Wildman–Crippen MR) is 97.6 cm³/mol. The third kappa shape index (κ3) is 4.69. The molecular formula is C20H21N3O3. The maximum absolute atomic E-state index is 12.0. The molecule has 6 heteroatoms. The highest BCUT2D eigenvalue weighted by atomic mass is 16.5. The van der Waals surface area contributed by atoms with Crippen LogP contribution < -0.4 is 10.1 Å². The van der Waals surface area contributed by atoms with Crippen molar-refractivity contribution in [3.63, 3.8) is 0 Å². The molecule has 0 unspecified atom stereocenters. The second kappa shape index (κ2) is 8.29. The quantitative estimate of drug-likeness (QED) is 0.707. The van der Waals surface area contributed by atoms with Crippen molar-refractivity contribution in [1.29, 1.82) is 0 Å². The molecule has 0 saturated carbocycles. The molecule has 0 aliphatic carbocycles. The summed E-state index contributed by atoms with van der Waals surface area (Å²) >= 11 is 0. The summed E-state index contributed by atoms with van der Waals surface area (Å²) in [4.78, 5) is 20.3. The number of hydrogen-bond acceptors (Lipinski definition) is 5. The first-order chi connectivity index (χ1) is 12.6. The highest BCUT2D eigenvalue weighted by Crippen LogP contribution is 2.21. The summed E-state index contributed by atoms with van der Waals surface area (Å²) in [7, 11) is 1.56. The van der Waals surface area contributed by atoms with Gasteiger partial charge in [0.05, 0.1) is 13.3 Å². The van der Waals surface area contributed by atoms with Crippen molar-refractivity contribution in [2.75, 3.05) is 7.11 Å². The number of hydrogen-bond donors (Lipinski definition) is 1. The molecule has 0 atom stereocenters. The summed E-state index contributed by atoms with van der Waals surface area (Å²) in [6, 6.07) is 11.7. The van der Waals surface area contributed by atoms with Gasteiger partial charge >= 0.3 is 0 Å². The number of carbonyl (C=O) groups excluding carboxylic acids is 1. The number of aromatic nitrogens is 2. The van der Waals surface area contributed by atoms with Gasteiger partial charge in [0.2, 0.25) is 11.8 Å². The summed E-state index contributed by atoms with van der Waals surface area (Å²) in [6.07, 6.45) is 4.12. The minimum absolute atomic E-state index is 0.0594. The molecule has 3 rings (SSSR count). The second-order valence-corrected chi connectivity index (χ2v) is 5.97. The van der Waals surface area contributed by atoms with Crippen LogP contribution in [0.25, 0.3) is 11.3 Å². The Hall–Kier alpha value is -3.15. The highest BCUT2D eigenvalue weighted by molar-refractivity contribution is 5.76. The number of amides is 1. The first kappa shape index (κ1) is 17.7. The van der Waals surface area contributed by atoms with Crippen LogP contribution in [0.5, 0.6) is 5.88 Å². The molecular weight excluding hydrogens is 330 g/mol. The average Bonchev–Trinajstić information content (AvgIpc) is 3.14. The van der Waals surface area contributed by atoms with Crippen LogP contribution in [0.2, 0.25) is 0 Å². The van der Waals surface area contributed by atoms with Gasteiger partial charge in [0.1, 0.15) is 0 Å². The van der Waals surface area contributed by atoms with Crippen LogP contribution in [0.4, 0.5) is 0 Å². The number of methoxy groups -OCH3 is 1. The number of rotatable bonds is 7. The molecule has 0 saturated heterocycles. The van der Waals surface area contributed by atoms with Gasteiger partial charge in [-0.2, -0.15) is 0 Å². The van der Waals surface area contributed by atoms with Gasteiger partial charge in [0, 0.05) is 37.2 Å². The largest absolute Gasteiger partial charge is 0.481 e. The molecule has 6 nitrogen and oxygen atoms in total. The third-order valence-electron chi connectivity index (χ3n) is 3.95. The van der Waals surface area contributed by atoms with Gasteiger partial charge in [0.25, 0.3) is 0 Å². The molecule has 2 heterocycles. The van der Waals surface area contributed by atoms with Crippen LogP contribution >= 0.6 is 0 Å². The van der Waals surface area contributed by atoms with Crippen molar-refractivity contribution < 1.29 is 13.9 Å². The van der Waals surface area contributed by atoms with Crippen molar-refractivity contribution in [2.45, 2.75) is 26.3 Å². The van der Waals surface area contributed by atoms with E-state index in [1.54, 1.807) is 25.6 Å². The number of carbonyl (C=O) groups is 1. The molecule has 2 aromatic heterocycles. The molecule has 134 valence electrons. The van der Waals surface area contributed by atoms with E-state index < -0.39 is 0 Å². The topological polar surface area (TPSA) is 77.2 Å². The van der Waals surface area contributed by atoms with Gasteiger partial charge in [0.15, 0.2) is 11.7 Å². The van der Waals surface area contributed by atoms with E-state index in [1.807, 2.05) is 37.3 Å². The molecule has 0 aliphatic rings. The molecule has 1 amide bonds. The third-order valence-corrected chi connectivity index (χ3v) is 3.95. The van der Waals surface area contributed by atoms with E-state index in [9.17, 15) is 4.79 Å². The lowest BCUT2D eigenvalue weighted by molar-refractivity contribution is -0.121. The molecule has 1 N–H and O–H groups in total. The van der Waals surface area contributed by atoms with E-state index in [0.717, 1.165) is 11.1 Å². The summed E-state index contributed by atoms with van der Waals surface area (Å²) in [6.45, 7) is 2.47. The lowest BCUT2D eigenvalue weighted by atomic mass is 10.1. The van der Waals surface area contributed by atoms with E-state index >= 15 is 0 Å². The zero-order valence-electron chi connectivity index (χ0n) is 14.9. The number of ether oxygens (including phenoxy) is 1. The van der Waals surface area contributed by atoms with Crippen LogP contribution in [0.3, 0.4) is 0 Å². The lowest BCUT2D eigenvalue weighted by Gasteiger charge is -2.05. The van der Waals surface area contributed by atoms with Crippen molar-refractivity contribution in [1.82, 2.24) is 15.3 Å². The first-order valence-electron chi connectivity index (χ1n) is 8.41. The number of benzene rings is 1. The lowest BCUT2D eigenvalue weighted by Crippen LogP contribution is -2.23. The number of aryl methyl sites for hydroxylation is 2. The number of pyridine rings is 1.